The van der Waals surface area contributed by atoms with Crippen molar-refractivity contribution >= 4 is 11.7 Å². The van der Waals surface area contributed by atoms with E-state index in [9.17, 15) is 9.90 Å². The fourth-order valence-electron chi connectivity index (χ4n) is 1.58. The van der Waals surface area contributed by atoms with Gasteiger partial charge in [-0.1, -0.05) is 19.3 Å². The van der Waals surface area contributed by atoms with Crippen molar-refractivity contribution in [3.63, 3.8) is 0 Å². The predicted octanol–water partition coefficient (Wildman–Crippen LogP) is 1.98. The maximum atomic E-state index is 11.6. The van der Waals surface area contributed by atoms with E-state index in [0.29, 0.717) is 17.9 Å². The summed E-state index contributed by atoms with van der Waals surface area (Å²) in [5.41, 5.74) is 0.639. The Morgan fingerprint density at radius 1 is 1.45 bits per heavy atom. The molecule has 0 aliphatic rings. The zero-order valence-electron chi connectivity index (χ0n) is 11.6. The van der Waals surface area contributed by atoms with E-state index in [2.05, 4.69) is 16.6 Å². The van der Waals surface area contributed by atoms with Crippen molar-refractivity contribution in [3.05, 3.63) is 24.3 Å². The van der Waals surface area contributed by atoms with Gasteiger partial charge in [0.15, 0.2) is 0 Å². The van der Waals surface area contributed by atoms with E-state index >= 15 is 0 Å². The van der Waals surface area contributed by atoms with Gasteiger partial charge < -0.3 is 20.5 Å². The Morgan fingerprint density at radius 3 is 2.75 bits per heavy atom. The number of ether oxygens (including phenoxy) is 1. The van der Waals surface area contributed by atoms with Crippen LogP contribution in [0.25, 0.3) is 0 Å². The number of benzene rings is 1. The molecular formula is C15H20N2O3. The van der Waals surface area contributed by atoms with Gasteiger partial charge in [-0.25, -0.2) is 4.79 Å². The third-order valence-electron chi connectivity index (χ3n) is 2.55. The normalized spacial score (nSPS) is 11.2. The number of urea groups is 1. The highest BCUT2D eigenvalue weighted by Crippen LogP contribution is 2.15. The third-order valence-corrected chi connectivity index (χ3v) is 2.55. The van der Waals surface area contributed by atoms with Gasteiger partial charge in [-0.3, -0.25) is 0 Å². The lowest BCUT2D eigenvalue weighted by atomic mass is 10.2. The van der Waals surface area contributed by atoms with Crippen LogP contribution in [-0.4, -0.2) is 30.4 Å². The molecule has 1 unspecified atom stereocenters. The fraction of sp³-hybridized carbons (Fsp3) is 0.400. The number of aliphatic hydroxyl groups is 1. The van der Waals surface area contributed by atoms with E-state index in [1.54, 1.807) is 24.3 Å². The molecule has 0 spiro atoms. The molecule has 1 atom stereocenters. The molecule has 2 amide bonds. The molecule has 0 radical (unpaired) electrons. The van der Waals surface area contributed by atoms with Crippen molar-refractivity contribution in [1.82, 2.24) is 5.32 Å². The smallest absolute Gasteiger partial charge is 0.319 e. The lowest BCUT2D eigenvalue weighted by Crippen LogP contribution is -2.35. The molecule has 3 N–H and O–H groups in total. The van der Waals surface area contributed by atoms with E-state index in [1.165, 1.54) is 0 Å². The highest BCUT2D eigenvalue weighted by Gasteiger charge is 2.06. The zero-order valence-corrected chi connectivity index (χ0v) is 11.6. The van der Waals surface area contributed by atoms with Crippen molar-refractivity contribution in [3.8, 4) is 18.1 Å². The Labute approximate surface area is 119 Å². The van der Waals surface area contributed by atoms with Gasteiger partial charge in [0.2, 0.25) is 0 Å². The first kappa shape index (κ1) is 15.9. The first-order chi connectivity index (χ1) is 9.65. The van der Waals surface area contributed by atoms with Crippen LogP contribution in [-0.2, 0) is 0 Å². The number of hydrogen-bond acceptors (Lipinski definition) is 3. The Balaban J connectivity index is 2.36. The Bertz CT molecular complexity index is 451. The molecule has 20 heavy (non-hydrogen) atoms. The van der Waals surface area contributed by atoms with Gasteiger partial charge in [-0.2, -0.15) is 0 Å². The third kappa shape index (κ3) is 6.12. The van der Waals surface area contributed by atoms with Crippen LogP contribution in [0.3, 0.4) is 0 Å². The second-order valence-corrected chi connectivity index (χ2v) is 4.29. The standard InChI is InChI=1S/C15H20N2O3/c1-3-5-13(18)11-16-15(19)17-12-6-8-14(9-7-12)20-10-4-2/h2,6-9,13,18H,3,5,10-11H2,1H3,(H2,16,17,19). The summed E-state index contributed by atoms with van der Waals surface area (Å²) in [5, 5.41) is 14.8. The van der Waals surface area contributed by atoms with Gasteiger partial charge in [0, 0.05) is 12.2 Å². The molecular weight excluding hydrogens is 256 g/mol. The summed E-state index contributed by atoms with van der Waals surface area (Å²) in [6, 6.07) is 6.52. The minimum absolute atomic E-state index is 0.211. The van der Waals surface area contributed by atoms with E-state index in [1.807, 2.05) is 6.92 Å². The predicted molar refractivity (Wildman–Crippen MR) is 78.7 cm³/mol. The van der Waals surface area contributed by atoms with Gasteiger partial charge in [-0.15, -0.1) is 6.42 Å². The maximum absolute atomic E-state index is 11.6. The topological polar surface area (TPSA) is 70.6 Å². The Hall–Kier alpha value is -2.19. The minimum Gasteiger partial charge on any atom is -0.481 e. The van der Waals surface area contributed by atoms with Crippen LogP contribution in [0.4, 0.5) is 10.5 Å². The number of nitrogens with one attached hydrogen (secondary N) is 2. The molecule has 1 rings (SSSR count). The summed E-state index contributed by atoms with van der Waals surface area (Å²) in [7, 11) is 0. The van der Waals surface area contributed by atoms with Crippen molar-refractivity contribution < 1.29 is 14.6 Å². The maximum Gasteiger partial charge on any atom is 0.319 e. The van der Waals surface area contributed by atoms with E-state index in [4.69, 9.17) is 11.2 Å². The summed E-state index contributed by atoms with van der Waals surface area (Å²) >= 11 is 0. The van der Waals surface area contributed by atoms with Crippen LogP contribution in [0, 0.1) is 12.3 Å². The minimum atomic E-state index is -0.509. The number of anilines is 1. The number of terminal acetylenes is 1. The van der Waals surface area contributed by atoms with E-state index in [0.717, 1.165) is 6.42 Å². The Kier molecular flexibility index (Phi) is 7.01. The lowest BCUT2D eigenvalue weighted by Gasteiger charge is -2.12. The van der Waals surface area contributed by atoms with Crippen molar-refractivity contribution in [2.45, 2.75) is 25.9 Å². The quantitative estimate of drug-likeness (QED) is 0.667. The van der Waals surface area contributed by atoms with Crippen LogP contribution in [0.5, 0.6) is 5.75 Å². The summed E-state index contributed by atoms with van der Waals surface area (Å²) in [6.07, 6.45) is 6.13. The molecule has 0 aliphatic heterocycles. The molecule has 0 heterocycles. The number of hydrogen-bond donors (Lipinski definition) is 3. The van der Waals surface area contributed by atoms with Gasteiger partial charge in [-0.05, 0) is 30.7 Å². The fourth-order valence-corrected chi connectivity index (χ4v) is 1.58. The van der Waals surface area contributed by atoms with Crippen LogP contribution < -0.4 is 15.4 Å². The molecule has 0 bridgehead atoms. The summed E-state index contributed by atoms with van der Waals surface area (Å²) in [4.78, 5) is 11.6. The highest BCUT2D eigenvalue weighted by molar-refractivity contribution is 5.89. The molecule has 0 fully saturated rings. The van der Waals surface area contributed by atoms with Crippen LogP contribution in [0.15, 0.2) is 24.3 Å². The zero-order chi connectivity index (χ0) is 14.8. The molecule has 5 heteroatoms. The second kappa shape index (κ2) is 8.83. The van der Waals surface area contributed by atoms with Crippen LogP contribution in [0.2, 0.25) is 0 Å². The molecule has 1 aromatic carbocycles. The first-order valence-electron chi connectivity index (χ1n) is 6.55. The van der Waals surface area contributed by atoms with Gasteiger partial charge in [0.05, 0.1) is 6.10 Å². The van der Waals surface area contributed by atoms with E-state index in [-0.39, 0.29) is 19.2 Å². The SMILES string of the molecule is C#CCOc1ccc(NC(=O)NCC(O)CCC)cc1. The van der Waals surface area contributed by atoms with Crippen LogP contribution >= 0.6 is 0 Å². The summed E-state index contributed by atoms with van der Waals surface area (Å²) in [5.74, 6) is 3.02. The van der Waals surface area contributed by atoms with Gasteiger partial charge >= 0.3 is 6.03 Å². The lowest BCUT2D eigenvalue weighted by molar-refractivity contribution is 0.162. The largest absolute Gasteiger partial charge is 0.481 e. The summed E-state index contributed by atoms with van der Waals surface area (Å²) < 4.78 is 5.22. The van der Waals surface area contributed by atoms with Crippen molar-refractivity contribution in [2.24, 2.45) is 0 Å². The number of amides is 2. The van der Waals surface area contributed by atoms with Crippen LogP contribution in [0.1, 0.15) is 19.8 Å². The number of carbonyl (C=O) groups excluding carboxylic acids is 1. The molecule has 108 valence electrons. The monoisotopic (exact) mass is 276 g/mol. The van der Waals surface area contributed by atoms with Gasteiger partial charge in [0.1, 0.15) is 12.4 Å². The van der Waals surface area contributed by atoms with E-state index < -0.39 is 6.10 Å². The molecule has 0 saturated carbocycles. The number of rotatable bonds is 7. The second-order valence-electron chi connectivity index (χ2n) is 4.29. The molecule has 0 saturated heterocycles. The average Bonchev–Trinajstić information content (AvgIpc) is 2.45. The van der Waals surface area contributed by atoms with Crippen molar-refractivity contribution in [2.75, 3.05) is 18.5 Å². The first-order valence-corrected chi connectivity index (χ1v) is 6.55. The average molecular weight is 276 g/mol. The highest BCUT2D eigenvalue weighted by atomic mass is 16.5. The molecule has 0 aromatic heterocycles. The van der Waals surface area contributed by atoms with Gasteiger partial charge in [0.25, 0.3) is 0 Å². The van der Waals surface area contributed by atoms with Crippen molar-refractivity contribution in [1.29, 1.82) is 0 Å². The number of carbonyl (C=O) groups is 1. The molecule has 1 aromatic rings. The Morgan fingerprint density at radius 2 is 2.15 bits per heavy atom. The number of aliphatic hydroxyl groups excluding tert-OH is 1. The summed E-state index contributed by atoms with van der Waals surface area (Å²) in [6.45, 7) is 2.43. The molecule has 0 aliphatic carbocycles. The molecule has 5 nitrogen and oxygen atoms in total.